The molecule has 0 spiro atoms. The molecule has 3 aromatic rings. The number of aromatic nitrogens is 1. The molecule has 4 rings (SSSR count). The first-order chi connectivity index (χ1) is 15.6. The van der Waals surface area contributed by atoms with Crippen LogP contribution in [0.2, 0.25) is 0 Å². The van der Waals surface area contributed by atoms with Crippen LogP contribution >= 0.6 is 0 Å². The van der Waals surface area contributed by atoms with E-state index in [1.807, 2.05) is 48.5 Å². The van der Waals surface area contributed by atoms with Gasteiger partial charge in [-0.3, -0.25) is 9.59 Å². The molecule has 0 saturated carbocycles. The number of amides is 1. The summed E-state index contributed by atoms with van der Waals surface area (Å²) in [6.07, 6.45) is 4.53. The number of allylic oxidation sites excluding steroid dienone is 1. The minimum Gasteiger partial charge on any atom is -0.497 e. The number of carbonyl (C=O) groups excluding carboxylic acids is 2. The normalized spacial score (nSPS) is 13.8. The van der Waals surface area contributed by atoms with Crippen molar-refractivity contribution in [2.24, 2.45) is 0 Å². The second-order valence-electron chi connectivity index (χ2n) is 7.71. The van der Waals surface area contributed by atoms with Gasteiger partial charge in [0, 0.05) is 18.4 Å². The van der Waals surface area contributed by atoms with Gasteiger partial charge in [0.05, 0.1) is 31.0 Å². The lowest BCUT2D eigenvalue weighted by molar-refractivity contribution is -0.140. The zero-order chi connectivity index (χ0) is 22.5. The Labute approximate surface area is 187 Å². The van der Waals surface area contributed by atoms with Crippen molar-refractivity contribution >= 4 is 34.4 Å². The quantitative estimate of drug-likeness (QED) is 0.444. The fourth-order valence-electron chi connectivity index (χ4n) is 4.06. The summed E-state index contributed by atoms with van der Waals surface area (Å²) in [6.45, 7) is 0.411. The Hall–Kier alpha value is -3.67. The van der Waals surface area contributed by atoms with Gasteiger partial charge < -0.3 is 14.8 Å². The molecule has 0 bridgehead atoms. The number of nitrogens with zero attached hydrogens (tertiary/aromatic N) is 1. The van der Waals surface area contributed by atoms with Crippen LogP contribution in [0.25, 0.3) is 22.6 Å². The van der Waals surface area contributed by atoms with Crippen LogP contribution < -0.4 is 10.1 Å². The number of pyridine rings is 1. The first-order valence-electron chi connectivity index (χ1n) is 10.7. The van der Waals surface area contributed by atoms with Crippen molar-refractivity contribution in [3.05, 3.63) is 70.9 Å². The third kappa shape index (κ3) is 4.49. The molecule has 32 heavy (non-hydrogen) atoms. The molecule has 6 nitrogen and oxygen atoms in total. The van der Waals surface area contributed by atoms with Crippen molar-refractivity contribution in [3.63, 3.8) is 0 Å². The lowest BCUT2D eigenvalue weighted by Gasteiger charge is -2.13. The number of nitrogens with one attached hydrogen (secondary N) is 1. The van der Waals surface area contributed by atoms with Crippen LogP contribution in [0.1, 0.15) is 46.4 Å². The summed E-state index contributed by atoms with van der Waals surface area (Å²) in [5, 5.41) is 3.82. The van der Waals surface area contributed by atoms with E-state index in [9.17, 15) is 9.59 Å². The molecule has 1 N–H and O–H groups in total. The number of fused-ring (bicyclic) bond motifs is 2. The molecule has 0 radical (unpaired) electrons. The van der Waals surface area contributed by atoms with E-state index >= 15 is 0 Å². The average molecular weight is 431 g/mol. The van der Waals surface area contributed by atoms with Crippen molar-refractivity contribution in [2.75, 3.05) is 20.8 Å². The molecule has 1 aliphatic carbocycles. The second-order valence-corrected chi connectivity index (χ2v) is 7.71. The summed E-state index contributed by atoms with van der Waals surface area (Å²) in [5.41, 5.74) is 5.54. The first kappa shape index (κ1) is 21.6. The van der Waals surface area contributed by atoms with E-state index in [-0.39, 0.29) is 18.3 Å². The van der Waals surface area contributed by atoms with Crippen molar-refractivity contribution in [1.29, 1.82) is 0 Å². The van der Waals surface area contributed by atoms with E-state index in [4.69, 9.17) is 9.72 Å². The molecule has 2 aromatic carbocycles. The lowest BCUT2D eigenvalue weighted by atomic mass is 10.00. The Kier molecular flexibility index (Phi) is 6.50. The zero-order valence-corrected chi connectivity index (χ0v) is 18.3. The number of hydrogen-bond acceptors (Lipinski definition) is 5. The summed E-state index contributed by atoms with van der Waals surface area (Å²) in [6, 6.07) is 15.6. The molecule has 0 aliphatic heterocycles. The van der Waals surface area contributed by atoms with Gasteiger partial charge in [-0.1, -0.05) is 30.3 Å². The molecule has 164 valence electrons. The van der Waals surface area contributed by atoms with Crippen LogP contribution in [0.15, 0.2) is 48.5 Å². The molecule has 1 amide bonds. The Morgan fingerprint density at radius 3 is 2.59 bits per heavy atom. The summed E-state index contributed by atoms with van der Waals surface area (Å²) in [5.74, 6) is 0.410. The Morgan fingerprint density at radius 2 is 1.84 bits per heavy atom. The number of hydrogen-bond donors (Lipinski definition) is 1. The third-order valence-corrected chi connectivity index (χ3v) is 5.70. The molecule has 1 heterocycles. The van der Waals surface area contributed by atoms with E-state index in [1.165, 1.54) is 7.11 Å². The fourth-order valence-corrected chi connectivity index (χ4v) is 4.06. The van der Waals surface area contributed by atoms with Crippen molar-refractivity contribution in [3.8, 4) is 5.75 Å². The molecule has 0 fully saturated rings. The standard InChI is InChI=1S/C26H26N2O4/c1-31-19-12-9-17(10-13-19)16-18-11-14-21-24(26(30)27-15-5-8-23(29)32-2)20-6-3-4-7-22(20)28-25(18)21/h3-4,6-7,9-10,12-13,16H,5,8,11,14-15H2,1-2H3,(H,27,30)/b18-16+. The second kappa shape index (κ2) is 9.64. The molecule has 1 aliphatic rings. The highest BCUT2D eigenvalue weighted by atomic mass is 16.5. The van der Waals surface area contributed by atoms with Gasteiger partial charge in [0.25, 0.3) is 5.91 Å². The largest absolute Gasteiger partial charge is 0.497 e. The SMILES string of the molecule is COC(=O)CCCNC(=O)c1c2c(nc3ccccc13)/C(=C/c1ccc(OC)cc1)CC2. The molecule has 0 atom stereocenters. The maximum atomic E-state index is 13.2. The van der Waals surface area contributed by atoms with Gasteiger partial charge in [0.2, 0.25) is 0 Å². The molecule has 0 unspecified atom stereocenters. The smallest absolute Gasteiger partial charge is 0.305 e. The Morgan fingerprint density at radius 1 is 1.06 bits per heavy atom. The number of esters is 1. The maximum absolute atomic E-state index is 13.2. The van der Waals surface area contributed by atoms with Crippen molar-refractivity contribution in [2.45, 2.75) is 25.7 Å². The van der Waals surface area contributed by atoms with Gasteiger partial charge in [-0.2, -0.15) is 0 Å². The van der Waals surface area contributed by atoms with Crippen molar-refractivity contribution in [1.82, 2.24) is 10.3 Å². The number of carbonyl (C=O) groups is 2. The zero-order valence-electron chi connectivity index (χ0n) is 18.3. The van der Waals surface area contributed by atoms with E-state index in [1.54, 1.807) is 7.11 Å². The number of methoxy groups -OCH3 is 2. The Bertz CT molecular complexity index is 1180. The third-order valence-electron chi connectivity index (χ3n) is 5.70. The van der Waals surface area contributed by atoms with Crippen LogP contribution in [-0.4, -0.2) is 37.6 Å². The number of benzene rings is 2. The van der Waals surface area contributed by atoms with Crippen LogP contribution in [0, 0.1) is 0 Å². The van der Waals surface area contributed by atoms with Gasteiger partial charge in [0.1, 0.15) is 5.75 Å². The van der Waals surface area contributed by atoms with Crippen LogP contribution in [0.3, 0.4) is 0 Å². The lowest BCUT2D eigenvalue weighted by Crippen LogP contribution is -2.26. The van der Waals surface area contributed by atoms with Gasteiger partial charge in [0.15, 0.2) is 0 Å². The van der Waals surface area contributed by atoms with Crippen LogP contribution in [-0.2, 0) is 16.0 Å². The predicted molar refractivity (Wildman–Crippen MR) is 125 cm³/mol. The van der Waals surface area contributed by atoms with E-state index in [0.29, 0.717) is 18.5 Å². The minimum atomic E-state index is -0.275. The Balaban J connectivity index is 1.66. The van der Waals surface area contributed by atoms with Crippen LogP contribution in [0.5, 0.6) is 5.75 Å². The highest BCUT2D eigenvalue weighted by Crippen LogP contribution is 2.37. The molecule has 0 saturated heterocycles. The van der Waals surface area contributed by atoms with Gasteiger partial charge in [-0.05, 0) is 60.2 Å². The summed E-state index contributed by atoms with van der Waals surface area (Å²) >= 11 is 0. The summed E-state index contributed by atoms with van der Waals surface area (Å²) in [4.78, 5) is 29.4. The molecular weight excluding hydrogens is 404 g/mol. The molecule has 6 heteroatoms. The summed E-state index contributed by atoms with van der Waals surface area (Å²) < 4.78 is 9.90. The number of rotatable bonds is 7. The minimum absolute atomic E-state index is 0.129. The monoisotopic (exact) mass is 430 g/mol. The highest BCUT2D eigenvalue weighted by molar-refractivity contribution is 6.09. The topological polar surface area (TPSA) is 77.5 Å². The maximum Gasteiger partial charge on any atom is 0.305 e. The first-order valence-corrected chi connectivity index (χ1v) is 10.7. The highest BCUT2D eigenvalue weighted by Gasteiger charge is 2.26. The number of para-hydroxylation sites is 1. The van der Waals surface area contributed by atoms with Gasteiger partial charge >= 0.3 is 5.97 Å². The average Bonchev–Trinajstić information content (AvgIpc) is 3.22. The van der Waals surface area contributed by atoms with E-state index < -0.39 is 0 Å². The fraction of sp³-hybridized carbons (Fsp3) is 0.269. The van der Waals surface area contributed by atoms with E-state index in [0.717, 1.165) is 51.9 Å². The van der Waals surface area contributed by atoms with Gasteiger partial charge in [-0.15, -0.1) is 0 Å². The molecule has 1 aromatic heterocycles. The van der Waals surface area contributed by atoms with Crippen molar-refractivity contribution < 1.29 is 19.1 Å². The van der Waals surface area contributed by atoms with E-state index in [2.05, 4.69) is 16.1 Å². The molecular formula is C26H26N2O4. The van der Waals surface area contributed by atoms with Gasteiger partial charge in [-0.25, -0.2) is 4.98 Å². The number of ether oxygens (including phenoxy) is 2. The predicted octanol–water partition coefficient (Wildman–Crippen LogP) is 4.41. The van der Waals surface area contributed by atoms with Crippen LogP contribution in [0.4, 0.5) is 0 Å². The summed E-state index contributed by atoms with van der Waals surface area (Å²) in [7, 11) is 3.02.